The van der Waals surface area contributed by atoms with Crippen LogP contribution in [0.5, 0.6) is 0 Å². The van der Waals surface area contributed by atoms with E-state index >= 15 is 0 Å². The van der Waals surface area contributed by atoms with E-state index in [0.29, 0.717) is 5.92 Å². The number of carbonyl (C=O) groups is 2. The van der Waals surface area contributed by atoms with Crippen molar-refractivity contribution in [2.24, 2.45) is 5.92 Å². The Hall–Kier alpha value is -1.10. The first-order valence-electron chi connectivity index (χ1n) is 7.74. The monoisotopic (exact) mass is 299 g/mol. The number of ether oxygens (including phenoxy) is 2. The normalized spacial score (nSPS) is 17.4. The Morgan fingerprint density at radius 3 is 1.90 bits per heavy atom. The minimum absolute atomic E-state index is 0.0679. The van der Waals surface area contributed by atoms with Crippen molar-refractivity contribution in [3.05, 3.63) is 0 Å². The first kappa shape index (κ1) is 18.0. The highest BCUT2D eigenvalue weighted by Crippen LogP contribution is 2.29. The summed E-state index contributed by atoms with van der Waals surface area (Å²) in [6.07, 6.45) is 2.15. The van der Waals surface area contributed by atoms with E-state index in [2.05, 4.69) is 5.32 Å². The first-order valence-corrected chi connectivity index (χ1v) is 7.74. The quantitative estimate of drug-likeness (QED) is 0.790. The highest BCUT2D eigenvalue weighted by atomic mass is 16.6. The molecule has 1 rings (SSSR count). The number of hydrogen-bond donors (Lipinski definition) is 1. The van der Waals surface area contributed by atoms with Gasteiger partial charge in [-0.15, -0.1) is 0 Å². The van der Waals surface area contributed by atoms with Crippen molar-refractivity contribution in [1.29, 1.82) is 0 Å². The van der Waals surface area contributed by atoms with Gasteiger partial charge in [0.1, 0.15) is 11.2 Å². The molecule has 1 fully saturated rings. The van der Waals surface area contributed by atoms with E-state index in [1.807, 2.05) is 34.6 Å². The lowest BCUT2D eigenvalue weighted by Crippen LogP contribution is -2.42. The molecule has 0 aromatic carbocycles. The molecule has 5 heteroatoms. The number of piperidine rings is 1. The summed E-state index contributed by atoms with van der Waals surface area (Å²) in [6, 6.07) is 0. The van der Waals surface area contributed by atoms with Gasteiger partial charge in [0.05, 0.1) is 12.8 Å². The van der Waals surface area contributed by atoms with Crippen molar-refractivity contribution in [3.8, 4) is 0 Å². The van der Waals surface area contributed by atoms with Crippen molar-refractivity contribution in [2.75, 3.05) is 13.1 Å². The zero-order valence-electron chi connectivity index (χ0n) is 14.0. The molecular formula is C16H29NO4. The molecular weight excluding hydrogens is 270 g/mol. The summed E-state index contributed by atoms with van der Waals surface area (Å²) in [5.74, 6) is -0.326. The first-order chi connectivity index (χ1) is 9.60. The molecule has 0 bridgehead atoms. The lowest BCUT2D eigenvalue weighted by Gasteiger charge is -2.36. The maximum absolute atomic E-state index is 11.9. The van der Waals surface area contributed by atoms with Gasteiger partial charge in [-0.1, -0.05) is 0 Å². The van der Waals surface area contributed by atoms with Crippen LogP contribution in [0.3, 0.4) is 0 Å². The molecule has 0 spiro atoms. The van der Waals surface area contributed by atoms with Gasteiger partial charge in [0, 0.05) is 5.92 Å². The van der Waals surface area contributed by atoms with Gasteiger partial charge in [0.2, 0.25) is 0 Å². The van der Waals surface area contributed by atoms with E-state index < -0.39 is 11.2 Å². The van der Waals surface area contributed by atoms with E-state index in [9.17, 15) is 9.59 Å². The van der Waals surface area contributed by atoms with E-state index in [1.54, 1.807) is 0 Å². The molecule has 5 nitrogen and oxygen atoms in total. The topological polar surface area (TPSA) is 64.6 Å². The molecule has 1 N–H and O–H groups in total. The van der Waals surface area contributed by atoms with E-state index in [0.717, 1.165) is 25.9 Å². The van der Waals surface area contributed by atoms with Crippen LogP contribution in [0.4, 0.5) is 0 Å². The van der Waals surface area contributed by atoms with Crippen LogP contribution in [0.15, 0.2) is 0 Å². The highest BCUT2D eigenvalue weighted by Gasteiger charge is 2.34. The third kappa shape index (κ3) is 6.93. The predicted octanol–water partition coefficient (Wildman–Crippen LogP) is 2.43. The van der Waals surface area contributed by atoms with Crippen molar-refractivity contribution >= 4 is 11.9 Å². The molecule has 0 atom stereocenters. The third-order valence-electron chi connectivity index (χ3n) is 3.65. The smallest absolute Gasteiger partial charge is 0.306 e. The Morgan fingerprint density at radius 1 is 0.952 bits per heavy atom. The Bertz CT molecular complexity index is 365. The second kappa shape index (κ2) is 7.25. The van der Waals surface area contributed by atoms with Crippen LogP contribution in [-0.2, 0) is 19.1 Å². The summed E-state index contributed by atoms with van der Waals surface area (Å²) < 4.78 is 10.8. The van der Waals surface area contributed by atoms with Crippen LogP contribution in [0.25, 0.3) is 0 Å². The van der Waals surface area contributed by atoms with Crippen molar-refractivity contribution in [3.63, 3.8) is 0 Å². The molecule has 0 saturated carbocycles. The number of esters is 2. The third-order valence-corrected chi connectivity index (χ3v) is 3.65. The van der Waals surface area contributed by atoms with E-state index in [1.165, 1.54) is 0 Å². The molecule has 1 aliphatic rings. The van der Waals surface area contributed by atoms with Crippen LogP contribution in [-0.4, -0.2) is 36.2 Å². The Balaban J connectivity index is 2.37. The summed E-state index contributed by atoms with van der Waals surface area (Å²) in [5, 5.41) is 3.30. The zero-order valence-corrected chi connectivity index (χ0v) is 14.0. The Morgan fingerprint density at radius 2 is 1.43 bits per heavy atom. The molecule has 0 aromatic rings. The minimum atomic E-state index is -0.518. The lowest BCUT2D eigenvalue weighted by atomic mass is 9.83. The summed E-state index contributed by atoms with van der Waals surface area (Å²) >= 11 is 0. The molecule has 1 heterocycles. The second-order valence-corrected chi connectivity index (χ2v) is 7.19. The van der Waals surface area contributed by atoms with Gasteiger partial charge < -0.3 is 14.8 Å². The van der Waals surface area contributed by atoms with Gasteiger partial charge >= 0.3 is 11.9 Å². The largest absolute Gasteiger partial charge is 0.460 e. The zero-order chi connectivity index (χ0) is 16.1. The van der Waals surface area contributed by atoms with Gasteiger partial charge in [-0.05, 0) is 60.5 Å². The number of carbonyl (C=O) groups excluding carboxylic acids is 2. The summed E-state index contributed by atoms with van der Waals surface area (Å²) in [6.45, 7) is 11.3. The standard InChI is InChI=1S/C16H29NO4/c1-15(2,3)20-13(18)6-7-14(19)21-16(4,5)12-8-10-17-11-9-12/h12,17H,6-11H2,1-5H3. The fourth-order valence-electron chi connectivity index (χ4n) is 2.54. The average molecular weight is 299 g/mol. The number of rotatable bonds is 5. The van der Waals surface area contributed by atoms with Gasteiger partial charge in [0.25, 0.3) is 0 Å². The van der Waals surface area contributed by atoms with Crippen molar-refractivity contribution < 1.29 is 19.1 Å². The van der Waals surface area contributed by atoms with Crippen molar-refractivity contribution in [1.82, 2.24) is 5.32 Å². The molecule has 0 aliphatic carbocycles. The molecule has 1 aliphatic heterocycles. The maximum atomic E-state index is 11.9. The van der Waals surface area contributed by atoms with Crippen LogP contribution in [0, 0.1) is 5.92 Å². The summed E-state index contributed by atoms with van der Waals surface area (Å²) in [4.78, 5) is 23.5. The van der Waals surface area contributed by atoms with Crippen molar-refractivity contribution in [2.45, 2.75) is 71.5 Å². The fraction of sp³-hybridized carbons (Fsp3) is 0.875. The molecule has 0 radical (unpaired) electrons. The second-order valence-electron chi connectivity index (χ2n) is 7.19. The minimum Gasteiger partial charge on any atom is -0.460 e. The molecule has 1 saturated heterocycles. The number of nitrogens with one attached hydrogen (secondary N) is 1. The SMILES string of the molecule is CC(C)(C)OC(=O)CCC(=O)OC(C)(C)C1CCNCC1. The lowest BCUT2D eigenvalue weighted by molar-refractivity contribution is -0.167. The predicted molar refractivity (Wildman–Crippen MR) is 80.8 cm³/mol. The van der Waals surface area contributed by atoms with Crippen LogP contribution >= 0.6 is 0 Å². The van der Waals surface area contributed by atoms with Gasteiger partial charge in [0.15, 0.2) is 0 Å². The van der Waals surface area contributed by atoms with Gasteiger partial charge in [-0.3, -0.25) is 9.59 Å². The van der Waals surface area contributed by atoms with E-state index in [4.69, 9.17) is 9.47 Å². The Kier molecular flexibility index (Phi) is 6.20. The van der Waals surface area contributed by atoms with Gasteiger partial charge in [-0.2, -0.15) is 0 Å². The summed E-state index contributed by atoms with van der Waals surface area (Å²) in [5.41, 5.74) is -0.998. The fourth-order valence-corrected chi connectivity index (χ4v) is 2.54. The molecule has 0 unspecified atom stereocenters. The Labute approximate surface area is 127 Å². The average Bonchev–Trinajstić information content (AvgIpc) is 2.35. The molecule has 122 valence electrons. The maximum Gasteiger partial charge on any atom is 0.306 e. The van der Waals surface area contributed by atoms with Crippen LogP contribution in [0.2, 0.25) is 0 Å². The molecule has 21 heavy (non-hydrogen) atoms. The van der Waals surface area contributed by atoms with E-state index in [-0.39, 0.29) is 24.8 Å². The van der Waals surface area contributed by atoms with Gasteiger partial charge in [-0.25, -0.2) is 0 Å². The molecule has 0 aromatic heterocycles. The number of hydrogen-bond acceptors (Lipinski definition) is 5. The molecule has 0 amide bonds. The highest BCUT2D eigenvalue weighted by molar-refractivity contribution is 5.78. The summed E-state index contributed by atoms with van der Waals surface area (Å²) in [7, 11) is 0. The van der Waals surface area contributed by atoms with Crippen LogP contribution < -0.4 is 5.32 Å². The van der Waals surface area contributed by atoms with Crippen LogP contribution in [0.1, 0.15) is 60.3 Å².